The molecule has 0 bridgehead atoms. The van der Waals surface area contributed by atoms with E-state index in [0.29, 0.717) is 18.2 Å². The molecule has 92 valence electrons. The molecule has 1 saturated heterocycles. The number of carbonyl (C=O) groups is 1. The summed E-state index contributed by atoms with van der Waals surface area (Å²) in [5.41, 5.74) is 0.715. The van der Waals surface area contributed by atoms with Crippen LogP contribution in [-0.4, -0.2) is 30.8 Å². The molecule has 17 heavy (non-hydrogen) atoms. The van der Waals surface area contributed by atoms with Gasteiger partial charge in [0.25, 0.3) is 0 Å². The van der Waals surface area contributed by atoms with Gasteiger partial charge in [-0.3, -0.25) is 4.90 Å². The highest BCUT2D eigenvalue weighted by molar-refractivity contribution is 9.10. The molecule has 1 aliphatic heterocycles. The van der Waals surface area contributed by atoms with Crippen LogP contribution in [0.15, 0.2) is 28.7 Å². The van der Waals surface area contributed by atoms with Gasteiger partial charge in [0.2, 0.25) is 0 Å². The minimum atomic E-state index is -0.899. The number of para-hydroxylation sites is 1. The molecule has 4 nitrogen and oxygen atoms in total. The summed E-state index contributed by atoms with van der Waals surface area (Å²) in [5, 5.41) is 12.5. The summed E-state index contributed by atoms with van der Waals surface area (Å²) in [7, 11) is 0. The summed E-state index contributed by atoms with van der Waals surface area (Å²) in [4.78, 5) is 12.7. The van der Waals surface area contributed by atoms with E-state index in [2.05, 4.69) is 21.2 Å². The monoisotopic (exact) mass is 298 g/mol. The first kappa shape index (κ1) is 12.4. The Morgan fingerprint density at radius 3 is 2.88 bits per heavy atom. The van der Waals surface area contributed by atoms with Crippen LogP contribution in [0.3, 0.4) is 0 Å². The maximum atomic E-state index is 11.3. The van der Waals surface area contributed by atoms with Gasteiger partial charge >= 0.3 is 6.09 Å². The van der Waals surface area contributed by atoms with Gasteiger partial charge in [-0.15, -0.1) is 0 Å². The van der Waals surface area contributed by atoms with Crippen LogP contribution in [0.1, 0.15) is 6.42 Å². The van der Waals surface area contributed by atoms with Crippen molar-refractivity contribution < 1.29 is 9.90 Å². The highest BCUT2D eigenvalue weighted by atomic mass is 79.9. The summed E-state index contributed by atoms with van der Waals surface area (Å²) in [6.07, 6.45) is 0.137. The molecule has 1 aromatic carbocycles. The van der Waals surface area contributed by atoms with Gasteiger partial charge in [0, 0.05) is 11.0 Å². The van der Waals surface area contributed by atoms with Crippen LogP contribution < -0.4 is 10.2 Å². The van der Waals surface area contributed by atoms with Gasteiger partial charge in [0.05, 0.1) is 5.69 Å². The molecule has 0 saturated carbocycles. The van der Waals surface area contributed by atoms with E-state index in [-0.39, 0.29) is 0 Å². The number of nitrogens with one attached hydrogen (secondary N) is 1. The maximum absolute atomic E-state index is 11.3. The number of rotatable bonds is 3. The van der Waals surface area contributed by atoms with Gasteiger partial charge in [0.1, 0.15) is 0 Å². The van der Waals surface area contributed by atoms with Crippen molar-refractivity contribution in [3.63, 3.8) is 0 Å². The summed E-state index contributed by atoms with van der Waals surface area (Å²) >= 11 is 3.39. The summed E-state index contributed by atoms with van der Waals surface area (Å²) in [6.45, 7) is 2.42. The SMILES string of the molecule is O=C(O)N(C[C@@H]1CCNC1)c1ccccc1Br. The predicted molar refractivity (Wildman–Crippen MR) is 70.5 cm³/mol. The Hall–Kier alpha value is -1.07. The maximum Gasteiger partial charge on any atom is 0.411 e. The van der Waals surface area contributed by atoms with Crippen molar-refractivity contribution in [2.75, 3.05) is 24.5 Å². The first-order chi connectivity index (χ1) is 8.18. The average molecular weight is 299 g/mol. The minimum absolute atomic E-state index is 0.401. The standard InChI is InChI=1S/C12H15BrN2O2/c13-10-3-1-2-4-11(10)15(12(16)17)8-9-5-6-14-7-9/h1-4,9,14H,5-8H2,(H,16,17)/t9-/m1/s1. The second-order valence-corrected chi connectivity index (χ2v) is 5.06. The third kappa shape index (κ3) is 2.98. The normalized spacial score (nSPS) is 19.2. The smallest absolute Gasteiger partial charge is 0.411 e. The number of halogens is 1. The molecular formula is C12H15BrN2O2. The van der Waals surface area contributed by atoms with Crippen molar-refractivity contribution >= 4 is 27.7 Å². The Labute approximate surface area is 109 Å². The number of anilines is 1. The molecule has 1 aliphatic rings. The minimum Gasteiger partial charge on any atom is -0.465 e. The van der Waals surface area contributed by atoms with E-state index >= 15 is 0 Å². The Kier molecular flexibility index (Phi) is 4.02. The van der Waals surface area contributed by atoms with Gasteiger partial charge in [-0.05, 0) is 53.5 Å². The second-order valence-electron chi connectivity index (χ2n) is 4.20. The topological polar surface area (TPSA) is 52.6 Å². The van der Waals surface area contributed by atoms with Gasteiger partial charge in [-0.1, -0.05) is 12.1 Å². The van der Waals surface area contributed by atoms with Crippen molar-refractivity contribution in [2.45, 2.75) is 6.42 Å². The number of hydrogen-bond donors (Lipinski definition) is 2. The van der Waals surface area contributed by atoms with Gasteiger partial charge < -0.3 is 10.4 Å². The fourth-order valence-corrected chi connectivity index (χ4v) is 2.58. The molecule has 2 N–H and O–H groups in total. The van der Waals surface area contributed by atoms with Crippen LogP contribution in [-0.2, 0) is 0 Å². The number of nitrogens with zero attached hydrogens (tertiary/aromatic N) is 1. The van der Waals surface area contributed by atoms with Crippen molar-refractivity contribution in [3.8, 4) is 0 Å². The zero-order valence-corrected chi connectivity index (χ0v) is 11.0. The fraction of sp³-hybridized carbons (Fsp3) is 0.417. The molecule has 1 heterocycles. The zero-order valence-electron chi connectivity index (χ0n) is 9.40. The van der Waals surface area contributed by atoms with E-state index in [1.165, 1.54) is 4.90 Å². The number of benzene rings is 1. The lowest BCUT2D eigenvalue weighted by Gasteiger charge is -2.23. The highest BCUT2D eigenvalue weighted by Crippen LogP contribution is 2.27. The Morgan fingerprint density at radius 1 is 1.53 bits per heavy atom. The summed E-state index contributed by atoms with van der Waals surface area (Å²) < 4.78 is 0.813. The van der Waals surface area contributed by atoms with E-state index < -0.39 is 6.09 Å². The van der Waals surface area contributed by atoms with Crippen LogP contribution in [0.5, 0.6) is 0 Å². The Balaban J connectivity index is 2.17. The van der Waals surface area contributed by atoms with E-state index in [1.807, 2.05) is 24.3 Å². The van der Waals surface area contributed by atoms with Crippen LogP contribution in [0, 0.1) is 5.92 Å². The molecular weight excluding hydrogens is 284 g/mol. The molecule has 0 spiro atoms. The van der Waals surface area contributed by atoms with E-state index in [0.717, 1.165) is 24.0 Å². The first-order valence-corrected chi connectivity index (χ1v) is 6.43. The third-order valence-corrected chi connectivity index (χ3v) is 3.65. The van der Waals surface area contributed by atoms with Crippen molar-refractivity contribution in [1.82, 2.24) is 5.32 Å². The Morgan fingerprint density at radius 2 is 2.29 bits per heavy atom. The zero-order chi connectivity index (χ0) is 12.3. The number of carboxylic acid groups (broad SMARTS) is 1. The molecule has 0 unspecified atom stereocenters. The lowest BCUT2D eigenvalue weighted by molar-refractivity contribution is 0.200. The number of hydrogen-bond acceptors (Lipinski definition) is 2. The molecule has 0 radical (unpaired) electrons. The molecule has 2 rings (SSSR count). The van der Waals surface area contributed by atoms with E-state index in [9.17, 15) is 9.90 Å². The molecule has 0 aliphatic carbocycles. The Bertz CT molecular complexity index is 405. The number of amides is 1. The average Bonchev–Trinajstić information content (AvgIpc) is 2.79. The van der Waals surface area contributed by atoms with Crippen molar-refractivity contribution in [1.29, 1.82) is 0 Å². The highest BCUT2D eigenvalue weighted by Gasteiger charge is 2.23. The van der Waals surface area contributed by atoms with Crippen LogP contribution >= 0.6 is 15.9 Å². The lowest BCUT2D eigenvalue weighted by atomic mass is 10.1. The second kappa shape index (κ2) is 5.51. The van der Waals surface area contributed by atoms with E-state index in [1.54, 1.807) is 0 Å². The molecule has 1 atom stereocenters. The molecule has 0 aromatic heterocycles. The third-order valence-electron chi connectivity index (χ3n) is 2.98. The van der Waals surface area contributed by atoms with Crippen LogP contribution in [0.2, 0.25) is 0 Å². The van der Waals surface area contributed by atoms with Gasteiger partial charge in [-0.2, -0.15) is 0 Å². The fourth-order valence-electron chi connectivity index (χ4n) is 2.08. The van der Waals surface area contributed by atoms with E-state index in [4.69, 9.17) is 0 Å². The lowest BCUT2D eigenvalue weighted by Crippen LogP contribution is -2.35. The summed E-state index contributed by atoms with van der Waals surface area (Å²) in [5.74, 6) is 0.401. The predicted octanol–water partition coefficient (Wildman–Crippen LogP) is 2.54. The van der Waals surface area contributed by atoms with Crippen LogP contribution in [0.25, 0.3) is 0 Å². The quantitative estimate of drug-likeness (QED) is 0.902. The first-order valence-electron chi connectivity index (χ1n) is 5.64. The van der Waals surface area contributed by atoms with Gasteiger partial charge in [-0.25, -0.2) is 4.79 Å². The van der Waals surface area contributed by atoms with Crippen LogP contribution in [0.4, 0.5) is 10.5 Å². The van der Waals surface area contributed by atoms with Crippen molar-refractivity contribution in [2.24, 2.45) is 5.92 Å². The van der Waals surface area contributed by atoms with Gasteiger partial charge in [0.15, 0.2) is 0 Å². The molecule has 5 heteroatoms. The largest absolute Gasteiger partial charge is 0.465 e. The molecule has 1 amide bonds. The molecule has 1 aromatic rings. The molecule has 1 fully saturated rings. The summed E-state index contributed by atoms with van der Waals surface area (Å²) in [6, 6.07) is 7.41. The van der Waals surface area contributed by atoms with Crippen molar-refractivity contribution in [3.05, 3.63) is 28.7 Å².